The zero-order valence-electron chi connectivity index (χ0n) is 7.28. The van der Waals surface area contributed by atoms with Crippen molar-refractivity contribution in [2.75, 3.05) is 5.73 Å². The number of aromatic nitrogens is 3. The van der Waals surface area contributed by atoms with Gasteiger partial charge in [-0.05, 0) is 0 Å². The third-order valence-corrected chi connectivity index (χ3v) is 1.71. The van der Waals surface area contributed by atoms with Crippen LogP contribution in [0.25, 0.3) is 5.69 Å². The number of halogens is 3. The van der Waals surface area contributed by atoms with Crippen LogP contribution in [0.1, 0.15) is 0 Å². The van der Waals surface area contributed by atoms with Gasteiger partial charge in [0, 0.05) is 12.1 Å². The van der Waals surface area contributed by atoms with Crippen molar-refractivity contribution in [3.8, 4) is 5.69 Å². The molecule has 0 radical (unpaired) electrons. The number of benzene rings is 1. The number of nitrogens with two attached hydrogens (primary N) is 1. The average Bonchev–Trinajstić information content (AvgIpc) is 2.58. The van der Waals surface area contributed by atoms with Gasteiger partial charge in [0.05, 0.1) is 6.20 Å². The van der Waals surface area contributed by atoms with Crippen LogP contribution in [0.3, 0.4) is 0 Å². The summed E-state index contributed by atoms with van der Waals surface area (Å²) in [7, 11) is 0. The van der Waals surface area contributed by atoms with E-state index in [1.807, 2.05) is 0 Å². The maximum Gasteiger partial charge on any atom is 0.166 e. The first kappa shape index (κ1) is 9.50. The summed E-state index contributed by atoms with van der Waals surface area (Å²) in [6, 6.07) is 1.08. The third-order valence-electron chi connectivity index (χ3n) is 1.71. The summed E-state index contributed by atoms with van der Waals surface area (Å²) in [6.07, 6.45) is 1.17. The highest BCUT2D eigenvalue weighted by Crippen LogP contribution is 2.16. The monoisotopic (exact) mass is 214 g/mol. The fourth-order valence-corrected chi connectivity index (χ4v) is 1.06. The molecule has 0 bridgehead atoms. The summed E-state index contributed by atoms with van der Waals surface area (Å²) in [5, 5.41) is 7.14. The Morgan fingerprint density at radius 3 is 2.33 bits per heavy atom. The molecule has 0 fully saturated rings. The summed E-state index contributed by atoms with van der Waals surface area (Å²) >= 11 is 0. The van der Waals surface area contributed by atoms with Crippen LogP contribution < -0.4 is 5.73 Å². The van der Waals surface area contributed by atoms with E-state index < -0.39 is 17.5 Å². The van der Waals surface area contributed by atoms with Crippen LogP contribution in [-0.4, -0.2) is 15.0 Å². The second-order valence-electron chi connectivity index (χ2n) is 2.78. The van der Waals surface area contributed by atoms with Gasteiger partial charge in [-0.25, -0.2) is 13.2 Å². The first-order valence-electron chi connectivity index (χ1n) is 3.90. The van der Waals surface area contributed by atoms with Gasteiger partial charge in [-0.3, -0.25) is 0 Å². The van der Waals surface area contributed by atoms with Crippen molar-refractivity contribution in [3.63, 3.8) is 0 Å². The Balaban J connectivity index is 2.58. The molecule has 15 heavy (non-hydrogen) atoms. The minimum atomic E-state index is -1.27. The smallest absolute Gasteiger partial charge is 0.166 e. The van der Waals surface area contributed by atoms with Crippen molar-refractivity contribution in [2.45, 2.75) is 0 Å². The molecule has 1 heterocycles. The van der Waals surface area contributed by atoms with Gasteiger partial charge in [0.2, 0.25) is 0 Å². The first-order chi connectivity index (χ1) is 7.08. The van der Waals surface area contributed by atoms with Gasteiger partial charge >= 0.3 is 0 Å². The number of nitrogens with zero attached hydrogens (tertiary/aromatic N) is 3. The fourth-order valence-electron chi connectivity index (χ4n) is 1.06. The van der Waals surface area contributed by atoms with Gasteiger partial charge in [-0.15, -0.1) is 9.90 Å². The van der Waals surface area contributed by atoms with Crippen LogP contribution in [0.4, 0.5) is 19.0 Å². The SMILES string of the molecule is Nc1cnn(-c2cc(F)c(F)cc2F)n1. The molecule has 2 aromatic rings. The molecular weight excluding hydrogens is 209 g/mol. The third kappa shape index (κ3) is 1.63. The normalized spacial score (nSPS) is 10.6. The van der Waals surface area contributed by atoms with Gasteiger partial charge in [-0.2, -0.15) is 5.10 Å². The lowest BCUT2D eigenvalue weighted by atomic mass is 10.3. The van der Waals surface area contributed by atoms with Gasteiger partial charge < -0.3 is 5.73 Å². The predicted octanol–water partition coefficient (Wildman–Crippen LogP) is 1.27. The minimum Gasteiger partial charge on any atom is -0.381 e. The summed E-state index contributed by atoms with van der Waals surface area (Å²) < 4.78 is 38.6. The Labute approximate surface area is 82.1 Å². The largest absolute Gasteiger partial charge is 0.381 e. The van der Waals surface area contributed by atoms with Crippen molar-refractivity contribution in [1.82, 2.24) is 15.0 Å². The molecule has 0 unspecified atom stereocenters. The van der Waals surface area contributed by atoms with Gasteiger partial charge in [-0.1, -0.05) is 0 Å². The van der Waals surface area contributed by atoms with Crippen LogP contribution in [0.15, 0.2) is 18.3 Å². The van der Waals surface area contributed by atoms with E-state index in [-0.39, 0.29) is 11.5 Å². The van der Waals surface area contributed by atoms with E-state index in [0.717, 1.165) is 4.80 Å². The summed E-state index contributed by atoms with van der Waals surface area (Å²) in [5.74, 6) is -3.36. The molecule has 2 N–H and O–H groups in total. The molecule has 0 aliphatic carbocycles. The molecule has 0 saturated heterocycles. The average molecular weight is 214 g/mol. The van der Waals surface area contributed by atoms with E-state index in [2.05, 4.69) is 10.2 Å². The molecule has 1 aromatic heterocycles. The number of rotatable bonds is 1. The minimum absolute atomic E-state index is 0.0548. The predicted molar refractivity (Wildman–Crippen MR) is 45.6 cm³/mol. The molecule has 1 aromatic carbocycles. The molecule has 4 nitrogen and oxygen atoms in total. The molecule has 0 aliphatic rings. The van der Waals surface area contributed by atoms with Crippen molar-refractivity contribution in [3.05, 3.63) is 35.8 Å². The highest BCUT2D eigenvalue weighted by molar-refractivity contribution is 5.34. The Morgan fingerprint density at radius 1 is 1.07 bits per heavy atom. The molecule has 0 aliphatic heterocycles. The molecule has 0 spiro atoms. The summed E-state index contributed by atoms with van der Waals surface area (Å²) in [6.45, 7) is 0. The maximum absolute atomic E-state index is 13.2. The maximum atomic E-state index is 13.2. The number of hydrogen-bond donors (Lipinski definition) is 1. The van der Waals surface area contributed by atoms with Crippen LogP contribution in [0.5, 0.6) is 0 Å². The van der Waals surface area contributed by atoms with Crippen LogP contribution in [0, 0.1) is 17.5 Å². The second-order valence-corrected chi connectivity index (χ2v) is 2.78. The van der Waals surface area contributed by atoms with E-state index in [1.165, 1.54) is 6.20 Å². The number of anilines is 1. The molecule has 0 saturated carbocycles. The van der Waals surface area contributed by atoms with Gasteiger partial charge in [0.25, 0.3) is 0 Å². The molecule has 7 heteroatoms. The zero-order valence-corrected chi connectivity index (χ0v) is 7.28. The van der Waals surface area contributed by atoms with E-state index in [1.54, 1.807) is 0 Å². The van der Waals surface area contributed by atoms with E-state index in [0.29, 0.717) is 12.1 Å². The highest BCUT2D eigenvalue weighted by Gasteiger charge is 2.12. The van der Waals surface area contributed by atoms with E-state index in [4.69, 9.17) is 5.73 Å². The molecule has 2 rings (SSSR count). The number of hydrogen-bond acceptors (Lipinski definition) is 3. The zero-order chi connectivity index (χ0) is 11.0. The van der Waals surface area contributed by atoms with Crippen molar-refractivity contribution >= 4 is 5.82 Å². The fraction of sp³-hybridized carbons (Fsp3) is 0. The van der Waals surface area contributed by atoms with Crippen LogP contribution in [-0.2, 0) is 0 Å². The molecular formula is C8H5F3N4. The quantitative estimate of drug-likeness (QED) is 0.727. The topological polar surface area (TPSA) is 56.7 Å². The lowest BCUT2D eigenvalue weighted by molar-refractivity contribution is 0.489. The highest BCUT2D eigenvalue weighted by atomic mass is 19.2. The summed E-state index contributed by atoms with van der Waals surface area (Å²) in [4.78, 5) is 0.785. The lowest BCUT2D eigenvalue weighted by Crippen LogP contribution is -2.04. The second kappa shape index (κ2) is 3.26. The van der Waals surface area contributed by atoms with Crippen molar-refractivity contribution < 1.29 is 13.2 Å². The Bertz CT molecular complexity index is 509. The molecule has 0 atom stereocenters. The molecule has 78 valence electrons. The van der Waals surface area contributed by atoms with Crippen LogP contribution >= 0.6 is 0 Å². The van der Waals surface area contributed by atoms with Crippen molar-refractivity contribution in [1.29, 1.82) is 0 Å². The van der Waals surface area contributed by atoms with Gasteiger partial charge in [0.15, 0.2) is 23.3 Å². The summed E-state index contributed by atoms with van der Waals surface area (Å²) in [5.41, 5.74) is 4.95. The van der Waals surface area contributed by atoms with Crippen molar-refractivity contribution in [2.24, 2.45) is 0 Å². The Kier molecular flexibility index (Phi) is 2.07. The Morgan fingerprint density at radius 2 is 1.73 bits per heavy atom. The standard InChI is InChI=1S/C8H5F3N4/c9-4-1-6(11)7(2-5(4)10)15-13-3-8(12)14-15/h1-3H,(H2,12,14). The number of nitrogen functional groups attached to an aromatic ring is 1. The lowest BCUT2D eigenvalue weighted by Gasteiger charge is -2.01. The Hall–Kier alpha value is -2.05. The first-order valence-corrected chi connectivity index (χ1v) is 3.90. The van der Waals surface area contributed by atoms with Gasteiger partial charge in [0.1, 0.15) is 5.69 Å². The van der Waals surface area contributed by atoms with E-state index >= 15 is 0 Å². The van der Waals surface area contributed by atoms with E-state index in [9.17, 15) is 13.2 Å². The van der Waals surface area contributed by atoms with Crippen LogP contribution in [0.2, 0.25) is 0 Å². The molecule has 0 amide bonds.